The van der Waals surface area contributed by atoms with Crippen molar-refractivity contribution in [2.45, 2.75) is 38.0 Å². The predicted molar refractivity (Wildman–Crippen MR) is 98.1 cm³/mol. The number of amides is 2. The molecule has 2 amide bonds. The molecule has 2 rings (SSSR count). The van der Waals surface area contributed by atoms with Crippen molar-refractivity contribution in [1.82, 2.24) is 5.32 Å². The number of nitrogens with one attached hydrogen (secondary N) is 2. The molecule has 8 nitrogen and oxygen atoms in total. The maximum absolute atomic E-state index is 12.2. The molecule has 1 saturated heterocycles. The number of nitrogens with zero attached hydrogens (tertiary/aromatic N) is 2. The fourth-order valence-electron chi connectivity index (χ4n) is 1.98. The lowest BCUT2D eigenvalue weighted by Crippen LogP contribution is -2.28. The van der Waals surface area contributed by atoms with E-state index in [1.807, 2.05) is 13.8 Å². The highest BCUT2D eigenvalue weighted by atomic mass is 35.5. The zero-order valence-corrected chi connectivity index (χ0v) is 15.2. The highest BCUT2D eigenvalue weighted by Crippen LogP contribution is 2.28. The van der Waals surface area contributed by atoms with Crippen LogP contribution in [0.2, 0.25) is 5.02 Å². The molecule has 134 valence electrons. The molecule has 0 aromatic heterocycles. The molecule has 10 heteroatoms. The van der Waals surface area contributed by atoms with Gasteiger partial charge in [0, 0.05) is 24.6 Å². The first-order valence-electron chi connectivity index (χ1n) is 7.59. The summed E-state index contributed by atoms with van der Waals surface area (Å²) in [5.74, 6) is -0.743. The van der Waals surface area contributed by atoms with Crippen molar-refractivity contribution in [1.29, 1.82) is 0 Å². The fraction of sp³-hybridized carbons (Fsp3) is 0.400. The summed E-state index contributed by atoms with van der Waals surface area (Å²) < 4.78 is 0. The Morgan fingerprint density at radius 1 is 1.56 bits per heavy atom. The molecule has 0 spiro atoms. The number of aliphatic imine (C=N–C) groups is 1. The van der Waals surface area contributed by atoms with E-state index in [0.717, 1.165) is 6.42 Å². The van der Waals surface area contributed by atoms with Gasteiger partial charge in [0.05, 0.1) is 15.6 Å². The Morgan fingerprint density at radius 3 is 2.92 bits per heavy atom. The largest absolute Gasteiger partial charge is 0.325 e. The highest BCUT2D eigenvalue weighted by Gasteiger charge is 2.32. The normalized spacial score (nSPS) is 19.6. The van der Waals surface area contributed by atoms with Crippen LogP contribution in [-0.2, 0) is 9.59 Å². The summed E-state index contributed by atoms with van der Waals surface area (Å²) in [6, 6.07) is 3.84. The van der Waals surface area contributed by atoms with Crippen molar-refractivity contribution < 1.29 is 14.5 Å². The third kappa shape index (κ3) is 5.17. The molecule has 2 atom stereocenters. The van der Waals surface area contributed by atoms with Gasteiger partial charge >= 0.3 is 0 Å². The van der Waals surface area contributed by atoms with Gasteiger partial charge in [-0.25, -0.2) is 0 Å². The summed E-state index contributed by atoms with van der Waals surface area (Å²) in [5.41, 5.74) is -0.0478. The van der Waals surface area contributed by atoms with Crippen LogP contribution in [0.3, 0.4) is 0 Å². The summed E-state index contributed by atoms with van der Waals surface area (Å²) in [6.07, 6.45) is 0.755. The van der Waals surface area contributed by atoms with Crippen LogP contribution in [0.4, 0.5) is 11.4 Å². The molecule has 0 bridgehead atoms. The summed E-state index contributed by atoms with van der Waals surface area (Å²) in [5, 5.41) is 16.1. The number of nitro benzene ring substituents is 1. The van der Waals surface area contributed by atoms with Crippen LogP contribution in [0.15, 0.2) is 23.2 Å². The standard InChI is InChI=1S/C15H17ClN4O4S/c1-3-8(2)17-15-19-14(22)12(25-15)7-13(21)18-11-6-9(20(23)24)4-5-10(11)16/h4-6,8,12H,3,7H2,1-2H3,(H,18,21)(H,17,19,22)/t8-,12+/m0/s1. The maximum atomic E-state index is 12.2. The van der Waals surface area contributed by atoms with E-state index in [1.165, 1.54) is 30.0 Å². The van der Waals surface area contributed by atoms with E-state index < -0.39 is 16.1 Å². The number of carbonyl (C=O) groups excluding carboxylic acids is 2. The van der Waals surface area contributed by atoms with Crippen molar-refractivity contribution in [3.05, 3.63) is 33.3 Å². The van der Waals surface area contributed by atoms with Gasteiger partial charge in [0.25, 0.3) is 5.69 Å². The molecule has 25 heavy (non-hydrogen) atoms. The second-order valence-electron chi connectivity index (χ2n) is 5.46. The van der Waals surface area contributed by atoms with E-state index in [-0.39, 0.29) is 34.8 Å². The van der Waals surface area contributed by atoms with Gasteiger partial charge in [-0.15, -0.1) is 0 Å². The average Bonchev–Trinajstić information content (AvgIpc) is 2.88. The van der Waals surface area contributed by atoms with Crippen LogP contribution in [-0.4, -0.2) is 33.2 Å². The topological polar surface area (TPSA) is 114 Å². The Kier molecular flexibility index (Phi) is 6.38. The Hall–Kier alpha value is -2.13. The summed E-state index contributed by atoms with van der Waals surface area (Å²) in [7, 11) is 0. The average molecular weight is 385 g/mol. The van der Waals surface area contributed by atoms with E-state index in [9.17, 15) is 19.7 Å². The third-order valence-corrected chi connectivity index (χ3v) is 4.94. The Balaban J connectivity index is 2.01. The third-order valence-electron chi connectivity index (χ3n) is 3.51. The number of non-ortho nitro benzene ring substituents is 1. The molecule has 1 aromatic carbocycles. The van der Waals surface area contributed by atoms with Crippen LogP contribution in [0.1, 0.15) is 26.7 Å². The molecule has 1 aromatic rings. The number of hydrogen-bond acceptors (Lipinski definition) is 6. The molecule has 0 aliphatic carbocycles. The summed E-state index contributed by atoms with van der Waals surface area (Å²) >= 11 is 7.15. The lowest BCUT2D eigenvalue weighted by atomic mass is 10.2. The summed E-state index contributed by atoms with van der Waals surface area (Å²) in [4.78, 5) is 38.7. The first kappa shape index (κ1) is 19.2. The monoisotopic (exact) mass is 384 g/mol. The lowest BCUT2D eigenvalue weighted by molar-refractivity contribution is -0.384. The Bertz CT molecular complexity index is 740. The van der Waals surface area contributed by atoms with E-state index in [0.29, 0.717) is 5.17 Å². The molecule has 0 unspecified atom stereocenters. The van der Waals surface area contributed by atoms with Gasteiger partial charge in [-0.1, -0.05) is 30.3 Å². The number of amidine groups is 1. The minimum Gasteiger partial charge on any atom is -0.325 e. The van der Waals surface area contributed by atoms with Crippen LogP contribution in [0.25, 0.3) is 0 Å². The van der Waals surface area contributed by atoms with Crippen LogP contribution < -0.4 is 10.6 Å². The highest BCUT2D eigenvalue weighted by molar-refractivity contribution is 8.15. The van der Waals surface area contributed by atoms with Crippen molar-refractivity contribution in [2.24, 2.45) is 4.99 Å². The fourth-order valence-corrected chi connectivity index (χ4v) is 3.22. The van der Waals surface area contributed by atoms with E-state index in [2.05, 4.69) is 15.6 Å². The van der Waals surface area contributed by atoms with Crippen molar-refractivity contribution in [2.75, 3.05) is 5.32 Å². The second kappa shape index (κ2) is 8.30. The van der Waals surface area contributed by atoms with Crippen molar-refractivity contribution in [3.8, 4) is 0 Å². The van der Waals surface area contributed by atoms with Crippen molar-refractivity contribution >= 4 is 51.7 Å². The smallest absolute Gasteiger partial charge is 0.271 e. The van der Waals surface area contributed by atoms with Crippen LogP contribution >= 0.6 is 23.4 Å². The lowest BCUT2D eigenvalue weighted by Gasteiger charge is -2.09. The first-order valence-corrected chi connectivity index (χ1v) is 8.85. The number of halogens is 1. The maximum Gasteiger partial charge on any atom is 0.271 e. The molecule has 2 N–H and O–H groups in total. The quantitative estimate of drug-likeness (QED) is 0.578. The van der Waals surface area contributed by atoms with Crippen molar-refractivity contribution in [3.63, 3.8) is 0 Å². The Morgan fingerprint density at radius 2 is 2.28 bits per heavy atom. The SMILES string of the molecule is CC[C@H](C)N=C1NC(=O)[C@@H](CC(=O)Nc2cc([N+](=O)[O-])ccc2Cl)S1. The van der Waals surface area contributed by atoms with Crippen LogP contribution in [0, 0.1) is 10.1 Å². The molecule has 1 aliphatic rings. The van der Waals surface area contributed by atoms with Gasteiger partial charge in [0.15, 0.2) is 5.17 Å². The first-order chi connectivity index (χ1) is 11.8. The molecule has 0 saturated carbocycles. The van der Waals surface area contributed by atoms with E-state index >= 15 is 0 Å². The van der Waals surface area contributed by atoms with Crippen LogP contribution in [0.5, 0.6) is 0 Å². The molecule has 1 aliphatic heterocycles. The number of nitro groups is 1. The number of anilines is 1. The van der Waals surface area contributed by atoms with Gasteiger partial charge in [-0.05, 0) is 19.4 Å². The van der Waals surface area contributed by atoms with E-state index in [1.54, 1.807) is 0 Å². The zero-order valence-electron chi connectivity index (χ0n) is 13.6. The molecular formula is C15H17ClN4O4S. The number of benzene rings is 1. The molecular weight excluding hydrogens is 368 g/mol. The van der Waals surface area contributed by atoms with Gasteiger partial charge in [-0.3, -0.25) is 24.7 Å². The minimum atomic E-state index is -0.597. The number of thioether (sulfide) groups is 1. The molecule has 1 heterocycles. The van der Waals surface area contributed by atoms with Gasteiger partial charge < -0.3 is 10.6 Å². The van der Waals surface area contributed by atoms with Gasteiger partial charge in [-0.2, -0.15) is 0 Å². The number of hydrogen-bond donors (Lipinski definition) is 2. The molecule has 0 radical (unpaired) electrons. The van der Waals surface area contributed by atoms with Gasteiger partial charge in [0.1, 0.15) is 5.25 Å². The predicted octanol–water partition coefficient (Wildman–Crippen LogP) is 2.96. The second-order valence-corrected chi connectivity index (χ2v) is 7.06. The van der Waals surface area contributed by atoms with Gasteiger partial charge in [0.2, 0.25) is 11.8 Å². The number of carbonyl (C=O) groups is 2. The minimum absolute atomic E-state index is 0.0825. The molecule has 1 fully saturated rings. The number of rotatable bonds is 6. The Labute approximate surface area is 153 Å². The van der Waals surface area contributed by atoms with E-state index in [4.69, 9.17) is 11.6 Å². The summed E-state index contributed by atoms with van der Waals surface area (Å²) in [6.45, 7) is 3.92. The zero-order chi connectivity index (χ0) is 18.6.